The highest BCUT2D eigenvalue weighted by Gasteiger charge is 2.14. The Balaban J connectivity index is 1.68. The van der Waals surface area contributed by atoms with Crippen molar-refractivity contribution in [2.45, 2.75) is 32.6 Å². The van der Waals surface area contributed by atoms with E-state index in [1.807, 2.05) is 6.92 Å². The van der Waals surface area contributed by atoms with Gasteiger partial charge in [0, 0.05) is 25.7 Å². The van der Waals surface area contributed by atoms with E-state index >= 15 is 0 Å². The average molecular weight is 339 g/mol. The lowest BCUT2D eigenvalue weighted by Crippen LogP contribution is -2.42. The zero-order valence-corrected chi connectivity index (χ0v) is 14.4. The number of hydrogen-bond acceptors (Lipinski definition) is 2. The van der Waals surface area contributed by atoms with E-state index in [2.05, 4.69) is 10.2 Å². The van der Waals surface area contributed by atoms with Crippen LogP contribution in [0.5, 0.6) is 0 Å². The van der Waals surface area contributed by atoms with Gasteiger partial charge in [-0.25, -0.2) is 13.6 Å². The van der Waals surface area contributed by atoms with Crippen molar-refractivity contribution in [1.29, 1.82) is 0 Å². The number of amides is 2. The summed E-state index contributed by atoms with van der Waals surface area (Å²) in [6.07, 6.45) is 3.87. The van der Waals surface area contributed by atoms with Gasteiger partial charge in [-0.1, -0.05) is 6.07 Å². The number of benzene rings is 1. The normalized spacial score (nSPS) is 14.8. The first kappa shape index (κ1) is 18.6. The molecule has 2 rings (SSSR count). The maximum absolute atomic E-state index is 13.5. The van der Waals surface area contributed by atoms with E-state index in [0.29, 0.717) is 25.1 Å². The quantitative estimate of drug-likeness (QED) is 0.790. The molecule has 0 aliphatic carbocycles. The van der Waals surface area contributed by atoms with Crippen LogP contribution in [0.4, 0.5) is 13.6 Å². The maximum atomic E-state index is 13.5. The summed E-state index contributed by atoms with van der Waals surface area (Å²) in [5.41, 5.74) is 0.411. The number of nitrogens with zero attached hydrogens (tertiary/aromatic N) is 2. The second kappa shape index (κ2) is 9.57. The molecule has 0 radical (unpaired) electrons. The summed E-state index contributed by atoms with van der Waals surface area (Å²) in [4.78, 5) is 16.4. The van der Waals surface area contributed by atoms with Crippen molar-refractivity contribution < 1.29 is 13.6 Å². The van der Waals surface area contributed by atoms with Gasteiger partial charge >= 0.3 is 6.03 Å². The molecule has 1 saturated heterocycles. The third kappa shape index (κ3) is 5.74. The Morgan fingerprint density at radius 2 is 2.04 bits per heavy atom. The van der Waals surface area contributed by atoms with Crippen LogP contribution in [0.2, 0.25) is 0 Å². The van der Waals surface area contributed by atoms with E-state index in [9.17, 15) is 13.6 Å². The highest BCUT2D eigenvalue weighted by atomic mass is 19.1. The van der Waals surface area contributed by atoms with Crippen LogP contribution in [0.1, 0.15) is 31.7 Å². The number of hydrogen-bond donors (Lipinski definition) is 1. The van der Waals surface area contributed by atoms with Gasteiger partial charge in [-0.2, -0.15) is 0 Å². The second-order valence-corrected chi connectivity index (χ2v) is 6.20. The molecule has 1 aromatic rings. The lowest BCUT2D eigenvalue weighted by molar-refractivity contribution is 0.196. The van der Waals surface area contributed by atoms with Crippen LogP contribution < -0.4 is 5.32 Å². The molecule has 24 heavy (non-hydrogen) atoms. The van der Waals surface area contributed by atoms with Gasteiger partial charge in [-0.3, -0.25) is 0 Å². The van der Waals surface area contributed by atoms with Crippen molar-refractivity contribution in [2.75, 3.05) is 39.3 Å². The van der Waals surface area contributed by atoms with Gasteiger partial charge < -0.3 is 15.1 Å². The van der Waals surface area contributed by atoms with Gasteiger partial charge in [0.15, 0.2) is 0 Å². The van der Waals surface area contributed by atoms with Crippen LogP contribution in [0, 0.1) is 11.6 Å². The number of halogens is 2. The Kier molecular flexibility index (Phi) is 7.43. The van der Waals surface area contributed by atoms with Gasteiger partial charge in [0.25, 0.3) is 0 Å². The summed E-state index contributed by atoms with van der Waals surface area (Å²) in [5, 5.41) is 2.82. The topological polar surface area (TPSA) is 35.6 Å². The van der Waals surface area contributed by atoms with Crippen LogP contribution in [0.25, 0.3) is 0 Å². The Hall–Kier alpha value is -1.69. The van der Waals surface area contributed by atoms with Crippen molar-refractivity contribution >= 4 is 6.03 Å². The minimum absolute atomic E-state index is 0.124. The standard InChI is InChI=1S/C18H27F2N3O/c1-2-23(13-5-12-22-10-3-4-11-22)18(24)21-9-8-15-6-7-16(19)14-17(15)20/h6-7,14H,2-5,8-13H2,1H3,(H,21,24). The summed E-state index contributed by atoms with van der Waals surface area (Å²) < 4.78 is 26.4. The average Bonchev–Trinajstić information content (AvgIpc) is 3.07. The number of urea groups is 1. The molecule has 4 nitrogen and oxygen atoms in total. The first-order valence-electron chi connectivity index (χ1n) is 8.79. The van der Waals surface area contributed by atoms with E-state index in [0.717, 1.165) is 25.6 Å². The molecule has 6 heteroatoms. The van der Waals surface area contributed by atoms with Gasteiger partial charge in [0.2, 0.25) is 0 Å². The molecule has 0 saturated carbocycles. The van der Waals surface area contributed by atoms with Crippen molar-refractivity contribution in [3.8, 4) is 0 Å². The molecule has 1 heterocycles. The van der Waals surface area contributed by atoms with E-state index in [1.54, 1.807) is 4.90 Å². The molecule has 1 aromatic carbocycles. The number of likely N-dealkylation sites (tertiary alicyclic amines) is 1. The summed E-state index contributed by atoms with van der Waals surface area (Å²) in [7, 11) is 0. The number of carbonyl (C=O) groups is 1. The molecule has 1 N–H and O–H groups in total. The van der Waals surface area contributed by atoms with Gasteiger partial charge in [-0.05, 0) is 63.9 Å². The monoisotopic (exact) mass is 339 g/mol. The molecule has 0 aromatic heterocycles. The summed E-state index contributed by atoms with van der Waals surface area (Å²) in [5.74, 6) is -1.15. The molecular formula is C18H27F2N3O. The SMILES string of the molecule is CCN(CCCN1CCCC1)C(=O)NCCc1ccc(F)cc1F. The van der Waals surface area contributed by atoms with E-state index in [-0.39, 0.29) is 6.03 Å². The fourth-order valence-electron chi connectivity index (χ4n) is 3.04. The molecule has 0 unspecified atom stereocenters. The summed E-state index contributed by atoms with van der Waals surface area (Å²) in [6.45, 7) is 7.03. The van der Waals surface area contributed by atoms with Gasteiger partial charge in [-0.15, -0.1) is 0 Å². The first-order chi connectivity index (χ1) is 11.6. The molecular weight excluding hydrogens is 312 g/mol. The highest BCUT2D eigenvalue weighted by molar-refractivity contribution is 5.74. The van der Waals surface area contributed by atoms with Crippen molar-refractivity contribution in [2.24, 2.45) is 0 Å². The number of carbonyl (C=O) groups excluding carboxylic acids is 1. The molecule has 1 fully saturated rings. The summed E-state index contributed by atoms with van der Waals surface area (Å²) in [6, 6.07) is 3.40. The smallest absolute Gasteiger partial charge is 0.317 e. The molecule has 1 aliphatic heterocycles. The van der Waals surface area contributed by atoms with Crippen molar-refractivity contribution in [3.05, 3.63) is 35.4 Å². The molecule has 134 valence electrons. The Labute approximate surface area is 142 Å². The van der Waals surface area contributed by atoms with Crippen molar-refractivity contribution in [1.82, 2.24) is 15.1 Å². The highest BCUT2D eigenvalue weighted by Crippen LogP contribution is 2.10. The predicted molar refractivity (Wildman–Crippen MR) is 91.0 cm³/mol. The Morgan fingerprint density at radius 1 is 1.29 bits per heavy atom. The zero-order valence-electron chi connectivity index (χ0n) is 14.4. The van der Waals surface area contributed by atoms with E-state index in [1.165, 1.54) is 38.1 Å². The lowest BCUT2D eigenvalue weighted by atomic mass is 10.1. The third-order valence-corrected chi connectivity index (χ3v) is 4.46. The zero-order chi connectivity index (χ0) is 17.4. The van der Waals surface area contributed by atoms with Crippen LogP contribution in [0.3, 0.4) is 0 Å². The van der Waals surface area contributed by atoms with E-state index < -0.39 is 11.6 Å². The first-order valence-corrected chi connectivity index (χ1v) is 8.79. The number of nitrogens with one attached hydrogen (secondary N) is 1. The molecule has 0 spiro atoms. The van der Waals surface area contributed by atoms with Crippen molar-refractivity contribution in [3.63, 3.8) is 0 Å². The maximum Gasteiger partial charge on any atom is 0.317 e. The van der Waals surface area contributed by atoms with Gasteiger partial charge in [0.1, 0.15) is 11.6 Å². The molecule has 0 atom stereocenters. The van der Waals surface area contributed by atoms with E-state index in [4.69, 9.17) is 0 Å². The molecule has 0 bridgehead atoms. The Morgan fingerprint density at radius 3 is 2.71 bits per heavy atom. The van der Waals surface area contributed by atoms with Crippen LogP contribution in [0.15, 0.2) is 18.2 Å². The third-order valence-electron chi connectivity index (χ3n) is 4.46. The van der Waals surface area contributed by atoms with Gasteiger partial charge in [0.05, 0.1) is 0 Å². The minimum Gasteiger partial charge on any atom is -0.338 e. The molecule has 1 aliphatic rings. The fourth-order valence-corrected chi connectivity index (χ4v) is 3.04. The van der Waals surface area contributed by atoms with Crippen LogP contribution >= 0.6 is 0 Å². The predicted octanol–water partition coefficient (Wildman–Crippen LogP) is 3.02. The minimum atomic E-state index is -0.588. The second-order valence-electron chi connectivity index (χ2n) is 6.20. The van der Waals surface area contributed by atoms with Crippen LogP contribution in [-0.2, 0) is 6.42 Å². The number of rotatable bonds is 8. The molecule has 2 amide bonds. The Bertz CT molecular complexity index is 533. The fraction of sp³-hybridized carbons (Fsp3) is 0.611. The summed E-state index contributed by atoms with van der Waals surface area (Å²) >= 11 is 0. The van der Waals surface area contributed by atoms with Crippen LogP contribution in [-0.4, -0.2) is 55.1 Å². The lowest BCUT2D eigenvalue weighted by Gasteiger charge is -2.23. The largest absolute Gasteiger partial charge is 0.338 e.